The Balaban J connectivity index is 2.17. The van der Waals surface area contributed by atoms with Crippen LogP contribution in [-0.4, -0.2) is 30.2 Å². The lowest BCUT2D eigenvalue weighted by Gasteiger charge is -2.21. The van der Waals surface area contributed by atoms with Gasteiger partial charge in [0.25, 0.3) is 0 Å². The summed E-state index contributed by atoms with van der Waals surface area (Å²) < 4.78 is 17.1. The van der Waals surface area contributed by atoms with Crippen molar-refractivity contribution in [2.24, 2.45) is 0 Å². The lowest BCUT2D eigenvalue weighted by atomic mass is 10.1. The minimum absolute atomic E-state index is 0.0162. The van der Waals surface area contributed by atoms with Crippen LogP contribution in [0, 0.1) is 0 Å². The summed E-state index contributed by atoms with van der Waals surface area (Å²) in [6.07, 6.45) is 1.92. The van der Waals surface area contributed by atoms with Crippen molar-refractivity contribution in [1.29, 1.82) is 0 Å². The zero-order valence-electron chi connectivity index (χ0n) is 8.32. The lowest BCUT2D eigenvalue weighted by Crippen LogP contribution is -2.27. The fourth-order valence-corrected chi connectivity index (χ4v) is 2.03. The van der Waals surface area contributed by atoms with Crippen LogP contribution in [0.25, 0.3) is 0 Å². The van der Waals surface area contributed by atoms with Gasteiger partial charge in [-0.2, -0.15) is 0 Å². The van der Waals surface area contributed by atoms with Crippen molar-refractivity contribution < 1.29 is 14.2 Å². The topological polar surface area (TPSA) is 27.7 Å². The smallest absolute Gasteiger partial charge is 0.164 e. The summed E-state index contributed by atoms with van der Waals surface area (Å²) in [4.78, 5) is 0. The summed E-state index contributed by atoms with van der Waals surface area (Å²) in [5.74, 6) is -0.478. The fourth-order valence-electron chi connectivity index (χ4n) is 2.03. The monoisotopic (exact) mass is 184 g/mol. The Morgan fingerprint density at radius 2 is 1.85 bits per heavy atom. The van der Waals surface area contributed by atoms with Gasteiger partial charge in [-0.05, 0) is 20.8 Å². The van der Waals surface area contributed by atoms with Crippen LogP contribution >= 0.6 is 0 Å². The van der Waals surface area contributed by atoms with Crippen LogP contribution in [-0.2, 0) is 14.2 Å². The first-order chi connectivity index (χ1) is 6.03. The quantitative estimate of drug-likeness (QED) is 0.578. The molecule has 0 aliphatic carbocycles. The minimum Gasteiger partial charge on any atom is -0.366 e. The van der Waals surface area contributed by atoms with Crippen LogP contribution in [0.2, 0.25) is 0 Å². The Morgan fingerprint density at radius 1 is 1.23 bits per heavy atom. The van der Waals surface area contributed by atoms with Gasteiger partial charge in [-0.1, -0.05) is 6.08 Å². The van der Waals surface area contributed by atoms with Gasteiger partial charge < -0.3 is 14.2 Å². The molecule has 0 aromatic carbocycles. The van der Waals surface area contributed by atoms with Crippen LogP contribution in [0.5, 0.6) is 0 Å². The number of hydrogen-bond acceptors (Lipinski definition) is 3. The van der Waals surface area contributed by atoms with E-state index in [-0.39, 0.29) is 24.4 Å². The molecule has 4 atom stereocenters. The molecule has 13 heavy (non-hydrogen) atoms. The van der Waals surface area contributed by atoms with E-state index in [4.69, 9.17) is 14.2 Å². The average molecular weight is 184 g/mol. The molecule has 0 aromatic rings. The molecule has 2 aliphatic heterocycles. The zero-order chi connectivity index (χ0) is 9.64. The van der Waals surface area contributed by atoms with Crippen molar-refractivity contribution in [3.63, 3.8) is 0 Å². The summed E-state index contributed by atoms with van der Waals surface area (Å²) in [5, 5.41) is 0. The molecule has 3 nitrogen and oxygen atoms in total. The lowest BCUT2D eigenvalue weighted by molar-refractivity contribution is -0.180. The fraction of sp³-hybridized carbons (Fsp3) is 0.800. The summed E-state index contributed by atoms with van der Waals surface area (Å²) >= 11 is 0. The normalized spacial score (nSPS) is 47.6. The molecule has 2 saturated heterocycles. The zero-order valence-corrected chi connectivity index (χ0v) is 8.32. The SMILES string of the molecule is C=C[C@H]1O[C@H](C)[C@@H]2OC(C)(C)O[C@@H]21. The number of ether oxygens (including phenoxy) is 3. The minimum atomic E-state index is -0.478. The Hall–Kier alpha value is -0.380. The van der Waals surface area contributed by atoms with Gasteiger partial charge in [0.2, 0.25) is 0 Å². The standard InChI is InChI=1S/C10H16O3/c1-5-7-9-8(6(2)11-7)12-10(3,4)13-9/h5-9H,1H2,2-4H3/t6-,7-,8+,9-/m1/s1. The van der Waals surface area contributed by atoms with Gasteiger partial charge in [-0.25, -0.2) is 0 Å². The predicted octanol–water partition coefficient (Wildman–Crippen LogP) is 1.48. The van der Waals surface area contributed by atoms with Crippen molar-refractivity contribution in [3.05, 3.63) is 12.7 Å². The molecule has 2 heterocycles. The second kappa shape index (κ2) is 2.80. The first kappa shape index (κ1) is 9.19. The number of hydrogen-bond donors (Lipinski definition) is 0. The largest absolute Gasteiger partial charge is 0.366 e. The second-order valence-corrected chi connectivity index (χ2v) is 4.11. The third-order valence-electron chi connectivity index (χ3n) is 2.55. The van der Waals surface area contributed by atoms with Crippen LogP contribution in [0.1, 0.15) is 20.8 Å². The molecule has 2 aliphatic rings. The van der Waals surface area contributed by atoms with E-state index in [1.807, 2.05) is 20.8 Å². The third kappa shape index (κ3) is 1.41. The highest BCUT2D eigenvalue weighted by atomic mass is 16.8. The molecule has 0 saturated carbocycles. The van der Waals surface area contributed by atoms with E-state index in [1.165, 1.54) is 0 Å². The molecular formula is C10H16O3. The van der Waals surface area contributed by atoms with Crippen molar-refractivity contribution >= 4 is 0 Å². The highest BCUT2D eigenvalue weighted by molar-refractivity contribution is 5.02. The summed E-state index contributed by atoms with van der Waals surface area (Å²) in [6.45, 7) is 9.59. The van der Waals surface area contributed by atoms with Gasteiger partial charge in [0, 0.05) is 0 Å². The number of rotatable bonds is 1. The van der Waals surface area contributed by atoms with E-state index < -0.39 is 5.79 Å². The van der Waals surface area contributed by atoms with Gasteiger partial charge >= 0.3 is 0 Å². The van der Waals surface area contributed by atoms with Gasteiger partial charge in [0.05, 0.1) is 6.10 Å². The maximum absolute atomic E-state index is 5.73. The van der Waals surface area contributed by atoms with E-state index in [9.17, 15) is 0 Å². The summed E-state index contributed by atoms with van der Waals surface area (Å²) in [7, 11) is 0. The Morgan fingerprint density at radius 3 is 2.46 bits per heavy atom. The molecule has 0 N–H and O–H groups in total. The molecule has 0 radical (unpaired) electrons. The van der Waals surface area contributed by atoms with Crippen molar-refractivity contribution in [2.45, 2.75) is 51.0 Å². The van der Waals surface area contributed by atoms with E-state index in [1.54, 1.807) is 6.08 Å². The summed E-state index contributed by atoms with van der Waals surface area (Å²) in [6, 6.07) is 0. The molecule has 0 spiro atoms. The Bertz CT molecular complexity index is 224. The Labute approximate surface area is 78.7 Å². The first-order valence-corrected chi connectivity index (χ1v) is 4.67. The molecule has 0 bridgehead atoms. The second-order valence-electron chi connectivity index (χ2n) is 4.11. The van der Waals surface area contributed by atoms with E-state index in [0.29, 0.717) is 0 Å². The molecule has 0 unspecified atom stereocenters. The van der Waals surface area contributed by atoms with E-state index in [2.05, 4.69) is 6.58 Å². The third-order valence-corrected chi connectivity index (χ3v) is 2.55. The van der Waals surface area contributed by atoms with Crippen molar-refractivity contribution in [3.8, 4) is 0 Å². The first-order valence-electron chi connectivity index (χ1n) is 4.67. The van der Waals surface area contributed by atoms with Crippen LogP contribution in [0.3, 0.4) is 0 Å². The van der Waals surface area contributed by atoms with Crippen molar-refractivity contribution in [1.82, 2.24) is 0 Å². The number of fused-ring (bicyclic) bond motifs is 1. The highest BCUT2D eigenvalue weighted by Gasteiger charge is 2.52. The average Bonchev–Trinajstić information content (AvgIpc) is 2.47. The van der Waals surface area contributed by atoms with Crippen LogP contribution in [0.4, 0.5) is 0 Å². The highest BCUT2D eigenvalue weighted by Crippen LogP contribution is 2.38. The van der Waals surface area contributed by atoms with Crippen molar-refractivity contribution in [2.75, 3.05) is 0 Å². The van der Waals surface area contributed by atoms with Gasteiger partial charge in [-0.15, -0.1) is 6.58 Å². The molecule has 3 heteroatoms. The molecule has 74 valence electrons. The van der Waals surface area contributed by atoms with Gasteiger partial charge in [0.15, 0.2) is 5.79 Å². The van der Waals surface area contributed by atoms with E-state index in [0.717, 1.165) is 0 Å². The Kier molecular flexibility index (Phi) is 1.98. The maximum atomic E-state index is 5.73. The van der Waals surface area contributed by atoms with Crippen LogP contribution < -0.4 is 0 Å². The molecular weight excluding hydrogens is 168 g/mol. The molecule has 2 fully saturated rings. The van der Waals surface area contributed by atoms with E-state index >= 15 is 0 Å². The summed E-state index contributed by atoms with van der Waals surface area (Å²) in [5.41, 5.74) is 0. The van der Waals surface area contributed by atoms with Gasteiger partial charge in [0.1, 0.15) is 18.3 Å². The molecule has 0 aromatic heterocycles. The van der Waals surface area contributed by atoms with Crippen LogP contribution in [0.15, 0.2) is 12.7 Å². The maximum Gasteiger partial charge on any atom is 0.164 e. The predicted molar refractivity (Wildman–Crippen MR) is 48.4 cm³/mol. The molecule has 2 rings (SSSR count). The van der Waals surface area contributed by atoms with Gasteiger partial charge in [-0.3, -0.25) is 0 Å². The molecule has 0 amide bonds.